The second-order valence-corrected chi connectivity index (χ2v) is 4.88. The Morgan fingerprint density at radius 2 is 1.94 bits per heavy atom. The maximum Gasteiger partial charge on any atom is 0.0584 e. The van der Waals surface area contributed by atoms with Gasteiger partial charge in [-0.1, -0.05) is 46.3 Å². The van der Waals surface area contributed by atoms with Crippen LogP contribution in [0, 0.1) is 0 Å². The minimum atomic E-state index is 0.209. The van der Waals surface area contributed by atoms with Crippen LogP contribution < -0.4 is 0 Å². The first-order valence-corrected chi connectivity index (χ1v) is 6.73. The van der Waals surface area contributed by atoms with Gasteiger partial charge in [0.25, 0.3) is 0 Å². The van der Waals surface area contributed by atoms with Gasteiger partial charge in [0.05, 0.1) is 6.61 Å². The molecule has 0 radical (unpaired) electrons. The van der Waals surface area contributed by atoms with Crippen molar-refractivity contribution in [3.8, 4) is 0 Å². The number of halogens is 1. The molecule has 2 unspecified atom stereocenters. The summed E-state index contributed by atoms with van der Waals surface area (Å²) in [5.41, 5.74) is 1.34. The van der Waals surface area contributed by atoms with Crippen molar-refractivity contribution in [2.24, 2.45) is 0 Å². The van der Waals surface area contributed by atoms with Crippen LogP contribution >= 0.6 is 15.9 Å². The molecule has 0 aromatic heterocycles. The number of rotatable bonds is 6. The molecular weight excluding hydrogens is 266 g/mol. The molecule has 0 heterocycles. The Morgan fingerprint density at radius 3 is 2.44 bits per heavy atom. The van der Waals surface area contributed by atoms with Crippen molar-refractivity contribution in [1.29, 1.82) is 0 Å². The number of aliphatic hydroxyl groups is 1. The summed E-state index contributed by atoms with van der Waals surface area (Å²) in [5.74, 6) is 0.472. The number of benzene rings is 1. The monoisotopic (exact) mass is 285 g/mol. The van der Waals surface area contributed by atoms with Crippen molar-refractivity contribution in [2.45, 2.75) is 18.9 Å². The zero-order chi connectivity index (χ0) is 12.0. The maximum absolute atomic E-state index is 9.11. The van der Waals surface area contributed by atoms with Crippen molar-refractivity contribution in [2.75, 3.05) is 25.5 Å². The predicted molar refractivity (Wildman–Crippen MR) is 72.2 cm³/mol. The summed E-state index contributed by atoms with van der Waals surface area (Å²) in [6.45, 7) is 3.20. The topological polar surface area (TPSA) is 23.5 Å². The lowest BCUT2D eigenvalue weighted by Crippen LogP contribution is -2.35. The number of aliphatic hydroxyl groups excluding tert-OH is 1. The van der Waals surface area contributed by atoms with Crippen molar-refractivity contribution < 1.29 is 5.11 Å². The SMILES string of the molecule is CC(CO)N(C)CC(CBr)c1ccccc1. The third kappa shape index (κ3) is 3.89. The van der Waals surface area contributed by atoms with Crippen LogP contribution in [0.15, 0.2) is 30.3 Å². The smallest absolute Gasteiger partial charge is 0.0584 e. The van der Waals surface area contributed by atoms with Crippen LogP contribution in [0.4, 0.5) is 0 Å². The molecule has 0 amide bonds. The van der Waals surface area contributed by atoms with Gasteiger partial charge in [-0.3, -0.25) is 0 Å². The van der Waals surface area contributed by atoms with E-state index in [0.717, 1.165) is 11.9 Å². The molecule has 0 aliphatic carbocycles. The fourth-order valence-electron chi connectivity index (χ4n) is 1.64. The Bertz CT molecular complexity index is 291. The summed E-state index contributed by atoms with van der Waals surface area (Å²) >= 11 is 3.56. The van der Waals surface area contributed by atoms with E-state index in [9.17, 15) is 0 Å². The predicted octanol–water partition coefficient (Wildman–Crippen LogP) is 2.48. The molecule has 0 saturated heterocycles. The van der Waals surface area contributed by atoms with Crippen LogP contribution in [0.2, 0.25) is 0 Å². The molecule has 0 spiro atoms. The van der Waals surface area contributed by atoms with Crippen LogP contribution in [-0.2, 0) is 0 Å². The highest BCUT2D eigenvalue weighted by molar-refractivity contribution is 9.09. The highest BCUT2D eigenvalue weighted by Crippen LogP contribution is 2.19. The molecular formula is C13H20BrNO. The molecule has 0 saturated carbocycles. The van der Waals surface area contributed by atoms with E-state index in [0.29, 0.717) is 5.92 Å². The summed E-state index contributed by atoms with van der Waals surface area (Å²) in [6.07, 6.45) is 0. The average molecular weight is 286 g/mol. The molecule has 2 nitrogen and oxygen atoms in total. The van der Waals surface area contributed by atoms with E-state index < -0.39 is 0 Å². The standard InChI is InChI=1S/C13H20BrNO/c1-11(10-16)15(2)9-13(8-14)12-6-4-3-5-7-12/h3-7,11,13,16H,8-10H2,1-2H3. The van der Waals surface area contributed by atoms with E-state index in [2.05, 4.69) is 52.1 Å². The highest BCUT2D eigenvalue weighted by atomic mass is 79.9. The third-order valence-corrected chi connectivity index (χ3v) is 3.76. The molecule has 90 valence electrons. The number of likely N-dealkylation sites (N-methyl/N-ethyl adjacent to an activating group) is 1. The van der Waals surface area contributed by atoms with E-state index in [1.807, 2.05) is 13.0 Å². The zero-order valence-electron chi connectivity index (χ0n) is 9.94. The Hall–Kier alpha value is -0.380. The normalized spacial score (nSPS) is 15.1. The number of hydrogen-bond donors (Lipinski definition) is 1. The van der Waals surface area contributed by atoms with Crippen LogP contribution in [0.1, 0.15) is 18.4 Å². The van der Waals surface area contributed by atoms with Crippen LogP contribution in [0.3, 0.4) is 0 Å². The van der Waals surface area contributed by atoms with Gasteiger partial charge in [-0.25, -0.2) is 0 Å². The molecule has 3 heteroatoms. The first-order chi connectivity index (χ1) is 7.69. The maximum atomic E-state index is 9.11. The van der Waals surface area contributed by atoms with Crippen molar-refractivity contribution in [1.82, 2.24) is 4.90 Å². The molecule has 2 atom stereocenters. The van der Waals surface area contributed by atoms with Crippen molar-refractivity contribution in [3.63, 3.8) is 0 Å². The third-order valence-electron chi connectivity index (χ3n) is 2.98. The van der Waals surface area contributed by atoms with Gasteiger partial charge in [0.15, 0.2) is 0 Å². The van der Waals surface area contributed by atoms with Crippen LogP contribution in [0.25, 0.3) is 0 Å². The molecule has 1 rings (SSSR count). The summed E-state index contributed by atoms with van der Waals surface area (Å²) in [6, 6.07) is 10.7. The first kappa shape index (κ1) is 13.7. The number of alkyl halides is 1. The van der Waals surface area contributed by atoms with E-state index in [4.69, 9.17) is 5.11 Å². The van der Waals surface area contributed by atoms with Gasteiger partial charge < -0.3 is 10.0 Å². The Balaban J connectivity index is 2.62. The van der Waals surface area contributed by atoms with Gasteiger partial charge in [0.2, 0.25) is 0 Å². The molecule has 1 N–H and O–H groups in total. The molecule has 16 heavy (non-hydrogen) atoms. The van der Waals surface area contributed by atoms with Crippen molar-refractivity contribution >= 4 is 15.9 Å². The fourth-order valence-corrected chi connectivity index (χ4v) is 2.21. The van der Waals surface area contributed by atoms with Crippen molar-refractivity contribution in [3.05, 3.63) is 35.9 Å². The second kappa shape index (κ2) is 7.05. The first-order valence-electron chi connectivity index (χ1n) is 5.61. The lowest BCUT2D eigenvalue weighted by Gasteiger charge is -2.27. The summed E-state index contributed by atoms with van der Waals surface area (Å²) in [4.78, 5) is 2.19. The van der Waals surface area contributed by atoms with E-state index in [1.165, 1.54) is 5.56 Å². The Labute approximate surface area is 106 Å². The molecule has 0 bridgehead atoms. The Morgan fingerprint density at radius 1 is 1.31 bits per heavy atom. The van der Waals surface area contributed by atoms with E-state index >= 15 is 0 Å². The van der Waals surface area contributed by atoms with Gasteiger partial charge in [-0.2, -0.15) is 0 Å². The largest absolute Gasteiger partial charge is 0.395 e. The summed E-state index contributed by atoms with van der Waals surface area (Å²) < 4.78 is 0. The molecule has 0 aliphatic rings. The Kier molecular flexibility index (Phi) is 6.03. The van der Waals surface area contributed by atoms with E-state index in [1.54, 1.807) is 0 Å². The molecule has 0 aliphatic heterocycles. The molecule has 1 aromatic rings. The summed E-state index contributed by atoms with van der Waals surface area (Å²) in [5, 5.41) is 10.1. The molecule has 0 fully saturated rings. The van der Waals surface area contributed by atoms with Gasteiger partial charge >= 0.3 is 0 Å². The van der Waals surface area contributed by atoms with Crippen LogP contribution in [0.5, 0.6) is 0 Å². The quantitative estimate of drug-likeness (QED) is 0.812. The highest BCUT2D eigenvalue weighted by Gasteiger charge is 2.15. The lowest BCUT2D eigenvalue weighted by atomic mass is 10.0. The van der Waals surface area contributed by atoms with E-state index in [-0.39, 0.29) is 12.6 Å². The summed E-state index contributed by atoms with van der Waals surface area (Å²) in [7, 11) is 2.06. The second-order valence-electron chi connectivity index (χ2n) is 4.23. The minimum absolute atomic E-state index is 0.209. The molecule has 1 aromatic carbocycles. The number of nitrogens with zero attached hydrogens (tertiary/aromatic N) is 1. The zero-order valence-corrected chi connectivity index (χ0v) is 11.5. The lowest BCUT2D eigenvalue weighted by molar-refractivity contribution is 0.155. The minimum Gasteiger partial charge on any atom is -0.395 e. The fraction of sp³-hybridized carbons (Fsp3) is 0.538. The number of hydrogen-bond acceptors (Lipinski definition) is 2. The van der Waals surface area contributed by atoms with Gasteiger partial charge in [-0.05, 0) is 19.5 Å². The van der Waals surface area contributed by atoms with Gasteiger partial charge in [-0.15, -0.1) is 0 Å². The van der Waals surface area contributed by atoms with Gasteiger partial charge in [0.1, 0.15) is 0 Å². The van der Waals surface area contributed by atoms with Crippen LogP contribution in [-0.4, -0.2) is 41.6 Å². The average Bonchev–Trinajstić information content (AvgIpc) is 2.35. The van der Waals surface area contributed by atoms with Gasteiger partial charge in [0, 0.05) is 23.8 Å².